The van der Waals surface area contributed by atoms with E-state index in [4.69, 9.17) is 5.11 Å². The maximum Gasteiger partial charge on any atom is 0.306 e. The smallest absolute Gasteiger partial charge is 0.306 e. The first-order valence-electron chi connectivity index (χ1n) is 7.46. The molecule has 2 unspecified atom stereocenters. The number of fused-ring (bicyclic) bond motifs is 1. The van der Waals surface area contributed by atoms with Gasteiger partial charge in [0.15, 0.2) is 0 Å². The lowest BCUT2D eigenvalue weighted by molar-refractivity contribution is -0.143. The second-order valence-electron chi connectivity index (χ2n) is 5.84. The van der Waals surface area contributed by atoms with Crippen LogP contribution in [0.5, 0.6) is 0 Å². The van der Waals surface area contributed by atoms with Crippen molar-refractivity contribution in [1.82, 2.24) is 14.3 Å². The molecule has 1 aliphatic carbocycles. The molecule has 0 spiro atoms. The summed E-state index contributed by atoms with van der Waals surface area (Å²) in [6.07, 6.45) is 12.2. The fourth-order valence-electron chi connectivity index (χ4n) is 3.11. The SMILES string of the molecule is O=C(O)C1CCCC(CNCC2=CC3=CNSN3C=C2)C1. The Kier molecular flexibility index (Phi) is 4.55. The standard InChI is InChI=1S/C15H21N3O2S/c19-15(20)13-3-1-2-11(6-13)8-16-9-12-4-5-18-14(7-12)10-17-21-18/h4-5,7,10-11,13,16-17H,1-3,6,8-9H2,(H,19,20). The van der Waals surface area contributed by atoms with Crippen LogP contribution in [0.15, 0.2) is 35.8 Å². The zero-order valence-electron chi connectivity index (χ0n) is 11.9. The maximum atomic E-state index is 11.1. The molecule has 6 heteroatoms. The number of nitrogens with one attached hydrogen (secondary N) is 2. The first-order chi connectivity index (χ1) is 10.2. The van der Waals surface area contributed by atoms with Crippen molar-refractivity contribution in [3.05, 3.63) is 35.8 Å². The van der Waals surface area contributed by atoms with Crippen LogP contribution in [-0.4, -0.2) is 28.5 Å². The molecule has 0 amide bonds. The molecule has 21 heavy (non-hydrogen) atoms. The molecule has 2 aliphatic heterocycles. The van der Waals surface area contributed by atoms with Crippen LogP contribution >= 0.6 is 12.1 Å². The van der Waals surface area contributed by atoms with E-state index >= 15 is 0 Å². The van der Waals surface area contributed by atoms with Gasteiger partial charge in [-0.2, -0.15) is 0 Å². The van der Waals surface area contributed by atoms with Gasteiger partial charge in [-0.1, -0.05) is 6.42 Å². The van der Waals surface area contributed by atoms with Crippen molar-refractivity contribution in [3.8, 4) is 0 Å². The minimum Gasteiger partial charge on any atom is -0.481 e. The minimum absolute atomic E-state index is 0.139. The summed E-state index contributed by atoms with van der Waals surface area (Å²) in [6.45, 7) is 1.74. The molecule has 3 N–H and O–H groups in total. The monoisotopic (exact) mass is 307 g/mol. The van der Waals surface area contributed by atoms with Gasteiger partial charge >= 0.3 is 5.97 Å². The molecule has 5 nitrogen and oxygen atoms in total. The Balaban J connectivity index is 1.44. The summed E-state index contributed by atoms with van der Waals surface area (Å²) in [5.74, 6) is -0.275. The van der Waals surface area contributed by atoms with E-state index in [2.05, 4.69) is 32.7 Å². The third kappa shape index (κ3) is 3.63. The van der Waals surface area contributed by atoms with Crippen molar-refractivity contribution in [2.24, 2.45) is 11.8 Å². The molecule has 2 heterocycles. The van der Waals surface area contributed by atoms with E-state index < -0.39 is 5.97 Å². The third-order valence-electron chi connectivity index (χ3n) is 4.26. The topological polar surface area (TPSA) is 64.6 Å². The quantitative estimate of drug-likeness (QED) is 0.677. The number of rotatable bonds is 5. The number of aliphatic carboxylic acids is 1. The average Bonchev–Trinajstić information content (AvgIpc) is 2.95. The Hall–Kier alpha value is -1.40. The normalized spacial score (nSPS) is 27.7. The predicted octanol–water partition coefficient (Wildman–Crippen LogP) is 2.23. The van der Waals surface area contributed by atoms with Gasteiger partial charge in [0.2, 0.25) is 0 Å². The highest BCUT2D eigenvalue weighted by Gasteiger charge is 2.26. The van der Waals surface area contributed by atoms with E-state index in [0.29, 0.717) is 5.92 Å². The molecular formula is C15H21N3O2S. The van der Waals surface area contributed by atoms with Gasteiger partial charge in [-0.25, -0.2) is 0 Å². The van der Waals surface area contributed by atoms with Gasteiger partial charge < -0.3 is 15.1 Å². The Morgan fingerprint density at radius 2 is 2.43 bits per heavy atom. The van der Waals surface area contributed by atoms with Crippen molar-refractivity contribution in [1.29, 1.82) is 0 Å². The van der Waals surface area contributed by atoms with Crippen LogP contribution in [0.1, 0.15) is 25.7 Å². The van der Waals surface area contributed by atoms with Gasteiger partial charge in [0.05, 0.1) is 23.7 Å². The first kappa shape index (κ1) is 14.5. The second kappa shape index (κ2) is 6.58. The number of carboxylic acids is 1. The number of nitrogens with zero attached hydrogens (tertiary/aromatic N) is 1. The van der Waals surface area contributed by atoms with Crippen molar-refractivity contribution < 1.29 is 9.90 Å². The summed E-state index contributed by atoms with van der Waals surface area (Å²) in [4.78, 5) is 11.1. The van der Waals surface area contributed by atoms with E-state index in [1.807, 2.05) is 6.20 Å². The summed E-state index contributed by atoms with van der Waals surface area (Å²) in [5, 5.41) is 12.6. The minimum atomic E-state index is -0.629. The fourth-order valence-corrected chi connectivity index (χ4v) is 3.73. The Bertz CT molecular complexity index is 501. The van der Waals surface area contributed by atoms with Gasteiger partial charge in [0.25, 0.3) is 0 Å². The zero-order chi connectivity index (χ0) is 14.7. The Morgan fingerprint density at radius 3 is 3.29 bits per heavy atom. The average molecular weight is 307 g/mol. The molecule has 2 atom stereocenters. The highest BCUT2D eigenvalue weighted by Crippen LogP contribution is 2.29. The van der Waals surface area contributed by atoms with Crippen LogP contribution in [0.4, 0.5) is 0 Å². The van der Waals surface area contributed by atoms with Gasteiger partial charge in [-0.3, -0.25) is 9.10 Å². The summed E-state index contributed by atoms with van der Waals surface area (Å²) in [5.41, 5.74) is 2.43. The van der Waals surface area contributed by atoms with Crippen LogP contribution in [-0.2, 0) is 4.79 Å². The number of hydrogen-bond donors (Lipinski definition) is 3. The van der Waals surface area contributed by atoms with Crippen molar-refractivity contribution in [2.75, 3.05) is 13.1 Å². The fraction of sp³-hybridized carbons (Fsp3) is 0.533. The molecular weight excluding hydrogens is 286 g/mol. The van der Waals surface area contributed by atoms with Crippen LogP contribution < -0.4 is 10.0 Å². The summed E-state index contributed by atoms with van der Waals surface area (Å²) < 4.78 is 5.20. The molecule has 3 rings (SSSR count). The van der Waals surface area contributed by atoms with Gasteiger partial charge in [-0.15, -0.1) is 0 Å². The zero-order valence-corrected chi connectivity index (χ0v) is 12.7. The lowest BCUT2D eigenvalue weighted by Gasteiger charge is -2.27. The molecule has 0 aromatic rings. The molecule has 114 valence electrons. The van der Waals surface area contributed by atoms with Crippen molar-refractivity contribution >= 4 is 18.1 Å². The summed E-state index contributed by atoms with van der Waals surface area (Å²) in [7, 11) is 0. The molecule has 1 saturated carbocycles. The molecule has 0 bridgehead atoms. The largest absolute Gasteiger partial charge is 0.481 e. The van der Waals surface area contributed by atoms with Crippen LogP contribution in [0.3, 0.4) is 0 Å². The molecule has 0 aromatic heterocycles. The molecule has 0 saturated heterocycles. The first-order valence-corrected chi connectivity index (χ1v) is 8.24. The highest BCUT2D eigenvalue weighted by atomic mass is 32.2. The predicted molar refractivity (Wildman–Crippen MR) is 83.8 cm³/mol. The summed E-state index contributed by atoms with van der Waals surface area (Å²) in [6, 6.07) is 0. The lowest BCUT2D eigenvalue weighted by atomic mass is 9.81. The van der Waals surface area contributed by atoms with Gasteiger partial charge in [-0.05, 0) is 49.5 Å². The maximum absolute atomic E-state index is 11.1. The Morgan fingerprint density at radius 1 is 1.52 bits per heavy atom. The van der Waals surface area contributed by atoms with Crippen molar-refractivity contribution in [3.63, 3.8) is 0 Å². The van der Waals surface area contributed by atoms with Crippen LogP contribution in [0.25, 0.3) is 0 Å². The van der Waals surface area contributed by atoms with Gasteiger partial charge in [0, 0.05) is 18.9 Å². The van der Waals surface area contributed by atoms with Gasteiger partial charge in [0.1, 0.15) is 0 Å². The van der Waals surface area contributed by atoms with E-state index in [1.165, 1.54) is 11.3 Å². The van der Waals surface area contributed by atoms with Crippen LogP contribution in [0.2, 0.25) is 0 Å². The Labute approximate surface area is 129 Å². The molecule has 3 aliphatic rings. The second-order valence-corrected chi connectivity index (χ2v) is 6.65. The number of allylic oxidation sites excluding steroid dienone is 1. The molecule has 0 aromatic carbocycles. The number of hydrogen-bond acceptors (Lipinski definition) is 5. The van der Waals surface area contributed by atoms with E-state index in [9.17, 15) is 4.79 Å². The number of carboxylic acid groups (broad SMARTS) is 1. The number of carbonyl (C=O) groups is 1. The van der Waals surface area contributed by atoms with E-state index in [0.717, 1.165) is 38.8 Å². The van der Waals surface area contributed by atoms with E-state index in [1.54, 1.807) is 12.1 Å². The third-order valence-corrected chi connectivity index (χ3v) is 5.02. The molecule has 0 radical (unpaired) electrons. The lowest BCUT2D eigenvalue weighted by Crippen LogP contribution is -2.31. The van der Waals surface area contributed by atoms with E-state index in [-0.39, 0.29) is 5.92 Å². The van der Waals surface area contributed by atoms with Crippen molar-refractivity contribution in [2.45, 2.75) is 25.7 Å². The summed E-state index contributed by atoms with van der Waals surface area (Å²) >= 11 is 1.56. The van der Waals surface area contributed by atoms with Crippen LogP contribution in [0, 0.1) is 11.8 Å². The molecule has 1 fully saturated rings. The highest BCUT2D eigenvalue weighted by molar-refractivity contribution is 7.95.